The first kappa shape index (κ1) is 22.4. The van der Waals surface area contributed by atoms with Crippen molar-refractivity contribution in [1.82, 2.24) is 5.32 Å². The van der Waals surface area contributed by atoms with Crippen LogP contribution in [-0.4, -0.2) is 17.2 Å². The largest absolute Gasteiger partial charge is 0.374 e. The van der Waals surface area contributed by atoms with Gasteiger partial charge in [0, 0.05) is 6.42 Å². The Kier molecular flexibility index (Phi) is 15.9. The molecule has 1 atom stereocenters. The van der Waals surface area contributed by atoms with E-state index in [0.717, 1.165) is 18.8 Å². The van der Waals surface area contributed by atoms with Crippen LogP contribution in [0.3, 0.4) is 0 Å². The van der Waals surface area contributed by atoms with Gasteiger partial charge >= 0.3 is 0 Å². The van der Waals surface area contributed by atoms with Crippen molar-refractivity contribution >= 4 is 5.91 Å². The predicted molar refractivity (Wildman–Crippen MR) is 99.3 cm³/mol. The van der Waals surface area contributed by atoms with Crippen LogP contribution >= 0.6 is 0 Å². The maximum absolute atomic E-state index is 11.3. The maximum atomic E-state index is 11.3. The molecule has 0 fully saturated rings. The number of rotatable bonds is 16. The number of carbonyl (C=O) groups excluding carboxylic acids is 1. The van der Waals surface area contributed by atoms with Gasteiger partial charge in [-0.1, -0.05) is 90.9 Å². The lowest BCUT2D eigenvalue weighted by molar-refractivity contribution is -0.123. The summed E-state index contributed by atoms with van der Waals surface area (Å²) in [5, 5.41) is 11.5. The highest BCUT2D eigenvalue weighted by molar-refractivity contribution is 5.75. The first-order chi connectivity index (χ1) is 11.0. The van der Waals surface area contributed by atoms with Crippen LogP contribution in [0.4, 0.5) is 0 Å². The third kappa shape index (κ3) is 19.4. The van der Waals surface area contributed by atoms with Gasteiger partial charge in [-0.2, -0.15) is 0 Å². The first-order valence-electron chi connectivity index (χ1n) is 9.99. The molecule has 0 aliphatic heterocycles. The Morgan fingerprint density at radius 2 is 1.13 bits per heavy atom. The molecule has 0 aliphatic carbocycles. The number of carbonyl (C=O) groups is 1. The van der Waals surface area contributed by atoms with Gasteiger partial charge in [0.15, 0.2) is 0 Å². The van der Waals surface area contributed by atoms with Crippen LogP contribution in [0.25, 0.3) is 0 Å². The fourth-order valence-corrected chi connectivity index (χ4v) is 2.91. The van der Waals surface area contributed by atoms with Crippen molar-refractivity contribution < 1.29 is 9.90 Å². The molecule has 2 N–H and O–H groups in total. The summed E-state index contributed by atoms with van der Waals surface area (Å²) in [5.74, 6) is 0.830. The molecule has 0 aromatic rings. The van der Waals surface area contributed by atoms with E-state index in [1.165, 1.54) is 70.6 Å². The Hall–Kier alpha value is -0.570. The second-order valence-electron chi connectivity index (χ2n) is 7.42. The molecular weight excluding hydrogens is 286 g/mol. The molecule has 0 heterocycles. The molecule has 1 unspecified atom stereocenters. The topological polar surface area (TPSA) is 49.3 Å². The van der Waals surface area contributed by atoms with Gasteiger partial charge in [-0.05, 0) is 19.3 Å². The highest BCUT2D eigenvalue weighted by atomic mass is 16.3. The van der Waals surface area contributed by atoms with Crippen LogP contribution in [0.1, 0.15) is 111 Å². The van der Waals surface area contributed by atoms with Crippen molar-refractivity contribution in [2.24, 2.45) is 5.92 Å². The Bertz CT molecular complexity index is 264. The zero-order valence-corrected chi connectivity index (χ0v) is 15.9. The van der Waals surface area contributed by atoms with E-state index in [-0.39, 0.29) is 5.91 Å². The number of hydrogen-bond acceptors (Lipinski definition) is 2. The molecule has 0 aromatic heterocycles. The van der Waals surface area contributed by atoms with E-state index >= 15 is 0 Å². The van der Waals surface area contributed by atoms with E-state index < -0.39 is 6.23 Å². The Morgan fingerprint density at radius 1 is 0.739 bits per heavy atom. The van der Waals surface area contributed by atoms with Crippen LogP contribution < -0.4 is 5.32 Å². The van der Waals surface area contributed by atoms with Gasteiger partial charge < -0.3 is 10.4 Å². The number of aliphatic hydroxyl groups excluding tert-OH is 1. The molecule has 0 saturated carbocycles. The van der Waals surface area contributed by atoms with Gasteiger partial charge in [-0.15, -0.1) is 0 Å². The minimum atomic E-state index is -0.724. The van der Waals surface area contributed by atoms with Gasteiger partial charge in [-0.3, -0.25) is 4.79 Å². The quantitative estimate of drug-likeness (QED) is 0.288. The highest BCUT2D eigenvalue weighted by Crippen LogP contribution is 2.14. The van der Waals surface area contributed by atoms with Gasteiger partial charge in [0.1, 0.15) is 6.23 Å². The zero-order valence-electron chi connectivity index (χ0n) is 15.9. The molecule has 0 radical (unpaired) electrons. The van der Waals surface area contributed by atoms with Gasteiger partial charge in [0.2, 0.25) is 5.91 Å². The predicted octanol–water partition coefficient (Wildman–Crippen LogP) is 5.56. The smallest absolute Gasteiger partial charge is 0.221 e. The van der Waals surface area contributed by atoms with Gasteiger partial charge in [0.05, 0.1) is 0 Å². The Labute approximate surface area is 144 Å². The lowest BCUT2D eigenvalue weighted by atomic mass is 10.0. The molecule has 0 rings (SSSR count). The van der Waals surface area contributed by atoms with E-state index in [4.69, 9.17) is 5.11 Å². The summed E-state index contributed by atoms with van der Waals surface area (Å²) in [6.07, 6.45) is 17.0. The van der Waals surface area contributed by atoms with Crippen molar-refractivity contribution in [3.05, 3.63) is 0 Å². The molecule has 3 heteroatoms. The number of aliphatic hydroxyl groups is 1. The van der Waals surface area contributed by atoms with Gasteiger partial charge in [-0.25, -0.2) is 0 Å². The third-order valence-electron chi connectivity index (χ3n) is 4.31. The van der Waals surface area contributed by atoms with Crippen molar-refractivity contribution in [3.63, 3.8) is 0 Å². The summed E-state index contributed by atoms with van der Waals surface area (Å²) in [4.78, 5) is 11.3. The molecule has 0 saturated heterocycles. The van der Waals surface area contributed by atoms with E-state index in [1.807, 2.05) is 0 Å². The molecule has 0 aromatic carbocycles. The summed E-state index contributed by atoms with van der Waals surface area (Å²) in [6.45, 7) is 6.19. The fourth-order valence-electron chi connectivity index (χ4n) is 2.91. The number of nitrogens with one attached hydrogen (secondary N) is 1. The summed E-state index contributed by atoms with van der Waals surface area (Å²) in [7, 11) is 0. The molecule has 0 aliphatic rings. The molecule has 138 valence electrons. The number of unbranched alkanes of at least 4 members (excludes halogenated alkanes) is 11. The van der Waals surface area contributed by atoms with Crippen molar-refractivity contribution in [2.75, 3.05) is 0 Å². The fraction of sp³-hybridized carbons (Fsp3) is 0.950. The summed E-state index contributed by atoms with van der Waals surface area (Å²) in [6, 6.07) is 0. The minimum Gasteiger partial charge on any atom is -0.374 e. The van der Waals surface area contributed by atoms with Crippen molar-refractivity contribution in [2.45, 2.75) is 117 Å². The average Bonchev–Trinajstić information content (AvgIpc) is 2.46. The van der Waals surface area contributed by atoms with Crippen molar-refractivity contribution in [1.29, 1.82) is 0 Å². The van der Waals surface area contributed by atoms with E-state index in [2.05, 4.69) is 19.2 Å². The SMILES string of the molecule is CC(C)CCCCCCCCCCCCCCC(=O)NC(C)O. The van der Waals surface area contributed by atoms with E-state index in [1.54, 1.807) is 6.92 Å². The summed E-state index contributed by atoms with van der Waals surface area (Å²) < 4.78 is 0. The minimum absolute atomic E-state index is 0.0339. The Balaban J connectivity index is 3.09. The number of hydrogen-bond donors (Lipinski definition) is 2. The monoisotopic (exact) mass is 327 g/mol. The molecular formula is C20H41NO2. The normalized spacial score (nSPS) is 12.6. The van der Waals surface area contributed by atoms with E-state index in [0.29, 0.717) is 6.42 Å². The molecule has 0 spiro atoms. The third-order valence-corrected chi connectivity index (χ3v) is 4.31. The molecule has 23 heavy (non-hydrogen) atoms. The second kappa shape index (κ2) is 16.3. The standard InChI is InChI=1S/C20H41NO2/c1-18(2)16-14-12-10-8-6-4-5-7-9-11-13-15-17-20(23)21-19(3)22/h18-19,22H,4-17H2,1-3H3,(H,21,23). The summed E-state index contributed by atoms with van der Waals surface area (Å²) in [5.41, 5.74) is 0. The van der Waals surface area contributed by atoms with Crippen molar-refractivity contribution in [3.8, 4) is 0 Å². The highest BCUT2D eigenvalue weighted by Gasteiger charge is 2.03. The van der Waals surface area contributed by atoms with Crippen LogP contribution in [0.15, 0.2) is 0 Å². The van der Waals surface area contributed by atoms with Gasteiger partial charge in [0.25, 0.3) is 0 Å². The second-order valence-corrected chi connectivity index (χ2v) is 7.42. The molecule has 1 amide bonds. The van der Waals surface area contributed by atoms with Crippen LogP contribution in [0, 0.1) is 5.92 Å². The molecule has 0 bridgehead atoms. The number of amides is 1. The Morgan fingerprint density at radius 3 is 1.52 bits per heavy atom. The lowest BCUT2D eigenvalue weighted by Crippen LogP contribution is -2.31. The lowest BCUT2D eigenvalue weighted by Gasteiger charge is -2.07. The summed E-state index contributed by atoms with van der Waals surface area (Å²) >= 11 is 0. The average molecular weight is 328 g/mol. The first-order valence-corrected chi connectivity index (χ1v) is 9.99. The van der Waals surface area contributed by atoms with E-state index in [9.17, 15) is 4.79 Å². The van der Waals surface area contributed by atoms with Crippen LogP contribution in [0.5, 0.6) is 0 Å². The van der Waals surface area contributed by atoms with Crippen LogP contribution in [-0.2, 0) is 4.79 Å². The zero-order chi connectivity index (χ0) is 17.3. The van der Waals surface area contributed by atoms with Crippen LogP contribution in [0.2, 0.25) is 0 Å². The molecule has 3 nitrogen and oxygen atoms in total. The maximum Gasteiger partial charge on any atom is 0.221 e.